The van der Waals surface area contributed by atoms with Crippen molar-refractivity contribution < 1.29 is 0 Å². The quantitative estimate of drug-likeness (QED) is 0.519. The van der Waals surface area contributed by atoms with Crippen LogP contribution in [0, 0.1) is 0 Å². The SMILES string of the molecule is CCC(C)N([B]c1ccc([B]N(C(C)CC)C(C)CC)s1)C(C)CC. The van der Waals surface area contributed by atoms with Gasteiger partial charge in [0.1, 0.15) is 0 Å². The number of rotatable bonds is 12. The third kappa shape index (κ3) is 6.77. The number of hydrogen-bond donors (Lipinski definition) is 0. The van der Waals surface area contributed by atoms with Crippen LogP contribution < -0.4 is 9.55 Å². The Morgan fingerprint density at radius 1 is 0.680 bits per heavy atom. The fraction of sp³-hybridized carbons (Fsp3) is 0.800. The van der Waals surface area contributed by atoms with Crippen molar-refractivity contribution in [1.82, 2.24) is 9.62 Å². The predicted octanol–water partition coefficient (Wildman–Crippen LogP) is 4.04. The summed E-state index contributed by atoms with van der Waals surface area (Å²) in [5.41, 5.74) is 0. The highest BCUT2D eigenvalue weighted by Crippen LogP contribution is 2.12. The van der Waals surface area contributed by atoms with E-state index in [1.54, 1.807) is 0 Å². The molecule has 4 atom stereocenters. The Labute approximate surface area is 162 Å². The van der Waals surface area contributed by atoms with Crippen LogP contribution in [-0.4, -0.2) is 48.6 Å². The van der Waals surface area contributed by atoms with Crippen LogP contribution in [0.5, 0.6) is 0 Å². The van der Waals surface area contributed by atoms with Crippen molar-refractivity contribution in [3.05, 3.63) is 12.1 Å². The zero-order valence-electron chi connectivity index (χ0n) is 17.7. The van der Waals surface area contributed by atoms with E-state index in [2.05, 4.69) is 92.0 Å². The summed E-state index contributed by atoms with van der Waals surface area (Å²) in [6.45, 7) is 18.4. The van der Waals surface area contributed by atoms with Crippen molar-refractivity contribution in [2.24, 2.45) is 0 Å². The first-order chi connectivity index (χ1) is 11.9. The van der Waals surface area contributed by atoms with Gasteiger partial charge in [-0.3, -0.25) is 0 Å². The van der Waals surface area contributed by atoms with Gasteiger partial charge in [-0.1, -0.05) is 67.5 Å². The largest absolute Gasteiger partial charge is 0.337 e. The Hall–Kier alpha value is -0.250. The van der Waals surface area contributed by atoms with Gasteiger partial charge < -0.3 is 9.62 Å². The molecule has 0 aliphatic carbocycles. The highest BCUT2D eigenvalue weighted by Gasteiger charge is 2.22. The van der Waals surface area contributed by atoms with E-state index in [1.807, 2.05) is 11.3 Å². The normalized spacial score (nSPS) is 16.7. The molecule has 0 aliphatic rings. The van der Waals surface area contributed by atoms with Crippen molar-refractivity contribution in [1.29, 1.82) is 0 Å². The van der Waals surface area contributed by atoms with Crippen LogP contribution in [0.25, 0.3) is 0 Å². The van der Waals surface area contributed by atoms with Crippen LogP contribution in [0.3, 0.4) is 0 Å². The molecule has 0 bridgehead atoms. The lowest BCUT2D eigenvalue weighted by Gasteiger charge is -2.33. The maximum Gasteiger partial charge on any atom is 0.261 e. The maximum atomic E-state index is 2.54. The van der Waals surface area contributed by atoms with Gasteiger partial charge in [0.25, 0.3) is 14.8 Å². The van der Waals surface area contributed by atoms with Gasteiger partial charge in [-0.05, 0) is 59.4 Å². The van der Waals surface area contributed by atoms with Gasteiger partial charge in [-0.2, -0.15) is 11.3 Å². The highest BCUT2D eigenvalue weighted by molar-refractivity contribution is 7.28. The fourth-order valence-corrected chi connectivity index (χ4v) is 3.92. The average molecular weight is 360 g/mol. The summed E-state index contributed by atoms with van der Waals surface area (Å²) < 4.78 is 2.72. The number of hydrogen-bond acceptors (Lipinski definition) is 3. The van der Waals surface area contributed by atoms with Gasteiger partial charge in [0.2, 0.25) is 0 Å². The Morgan fingerprint density at radius 3 is 1.20 bits per heavy atom. The summed E-state index contributed by atoms with van der Waals surface area (Å²) in [6, 6.07) is 6.89. The lowest BCUT2D eigenvalue weighted by atomic mass is 9.82. The Bertz CT molecular complexity index is 420. The summed E-state index contributed by atoms with van der Waals surface area (Å²) in [5.74, 6) is 0. The molecular weight excluding hydrogens is 322 g/mol. The minimum atomic E-state index is 0.584. The highest BCUT2D eigenvalue weighted by atomic mass is 32.1. The van der Waals surface area contributed by atoms with E-state index in [1.165, 1.54) is 35.2 Å². The minimum Gasteiger partial charge on any atom is -0.337 e. The molecule has 2 radical (unpaired) electrons. The van der Waals surface area contributed by atoms with E-state index in [0.29, 0.717) is 24.2 Å². The first-order valence-corrected chi connectivity index (χ1v) is 11.0. The number of nitrogens with zero attached hydrogens (tertiary/aromatic N) is 2. The first-order valence-electron chi connectivity index (χ1n) is 10.2. The molecule has 1 aromatic heterocycles. The molecule has 1 rings (SSSR count). The van der Waals surface area contributed by atoms with Crippen LogP contribution in [-0.2, 0) is 0 Å². The van der Waals surface area contributed by atoms with Gasteiger partial charge >= 0.3 is 0 Å². The molecule has 25 heavy (non-hydrogen) atoms. The predicted molar refractivity (Wildman–Crippen MR) is 118 cm³/mol. The van der Waals surface area contributed by atoms with Crippen molar-refractivity contribution in [3.8, 4) is 0 Å². The van der Waals surface area contributed by atoms with E-state index >= 15 is 0 Å². The molecule has 0 aliphatic heterocycles. The molecule has 0 spiro atoms. The molecule has 4 unspecified atom stereocenters. The Balaban J connectivity index is 2.82. The van der Waals surface area contributed by atoms with Crippen molar-refractivity contribution in [3.63, 3.8) is 0 Å². The van der Waals surface area contributed by atoms with E-state index in [-0.39, 0.29) is 0 Å². The zero-order chi connectivity index (χ0) is 19.0. The van der Waals surface area contributed by atoms with Gasteiger partial charge in [0, 0.05) is 0 Å². The molecular formula is C20H38B2N2S. The smallest absolute Gasteiger partial charge is 0.261 e. The van der Waals surface area contributed by atoms with Gasteiger partial charge in [-0.15, -0.1) is 0 Å². The second kappa shape index (κ2) is 11.5. The molecule has 0 saturated heterocycles. The summed E-state index contributed by atoms with van der Waals surface area (Å²) >= 11 is 1.91. The number of thiophene rings is 1. The molecule has 0 saturated carbocycles. The van der Waals surface area contributed by atoms with Crippen LogP contribution in [0.1, 0.15) is 81.1 Å². The first kappa shape index (κ1) is 22.8. The zero-order valence-corrected chi connectivity index (χ0v) is 18.6. The lowest BCUT2D eigenvalue weighted by molar-refractivity contribution is 0.271. The molecule has 0 N–H and O–H groups in total. The summed E-state index contributed by atoms with van der Waals surface area (Å²) in [6.07, 6.45) is 4.73. The Kier molecular flexibility index (Phi) is 10.4. The van der Waals surface area contributed by atoms with Crippen molar-refractivity contribution in [2.45, 2.75) is 105 Å². The van der Waals surface area contributed by atoms with Crippen LogP contribution >= 0.6 is 11.3 Å². The third-order valence-electron chi connectivity index (χ3n) is 5.60. The van der Waals surface area contributed by atoms with Gasteiger partial charge in [0.05, 0.1) is 0 Å². The van der Waals surface area contributed by atoms with Gasteiger partial charge in [-0.25, -0.2) is 0 Å². The van der Waals surface area contributed by atoms with Gasteiger partial charge in [0.15, 0.2) is 0 Å². The monoisotopic (exact) mass is 360 g/mol. The maximum absolute atomic E-state index is 2.54. The van der Waals surface area contributed by atoms with Crippen LogP contribution in [0.2, 0.25) is 0 Å². The van der Waals surface area contributed by atoms with Crippen molar-refractivity contribution >= 4 is 35.7 Å². The lowest BCUT2D eigenvalue weighted by Crippen LogP contribution is -2.47. The van der Waals surface area contributed by atoms with E-state index in [0.717, 1.165) is 0 Å². The second-order valence-electron chi connectivity index (χ2n) is 7.42. The van der Waals surface area contributed by atoms with Crippen LogP contribution in [0.4, 0.5) is 0 Å². The van der Waals surface area contributed by atoms with Crippen molar-refractivity contribution in [2.75, 3.05) is 0 Å². The molecule has 0 aromatic carbocycles. The van der Waals surface area contributed by atoms with Crippen LogP contribution in [0.15, 0.2) is 12.1 Å². The minimum absolute atomic E-state index is 0.584. The third-order valence-corrected chi connectivity index (χ3v) is 6.55. The molecule has 5 heteroatoms. The summed E-state index contributed by atoms with van der Waals surface area (Å²) in [4.78, 5) is 5.08. The second-order valence-corrected chi connectivity index (χ2v) is 8.57. The summed E-state index contributed by atoms with van der Waals surface area (Å²) in [7, 11) is 4.75. The molecule has 2 nitrogen and oxygen atoms in total. The fourth-order valence-electron chi connectivity index (χ4n) is 3.02. The molecule has 0 amide bonds. The van der Waals surface area contributed by atoms with E-state index in [4.69, 9.17) is 0 Å². The summed E-state index contributed by atoms with van der Waals surface area (Å²) in [5, 5.41) is 0. The molecule has 1 aromatic rings. The molecule has 140 valence electrons. The standard InChI is InChI=1S/C20H38B2N2S/c1-9-15(5)23(16(6)10-2)21-19-13-14-20(25-19)22-24(17(7)11-3)18(8)12-4/h13-18H,9-12H2,1-8H3. The van der Waals surface area contributed by atoms with E-state index in [9.17, 15) is 0 Å². The molecule has 0 fully saturated rings. The topological polar surface area (TPSA) is 6.48 Å². The Morgan fingerprint density at radius 2 is 0.960 bits per heavy atom. The molecule has 1 heterocycles. The average Bonchev–Trinajstić information content (AvgIpc) is 3.08. The van der Waals surface area contributed by atoms with E-state index < -0.39 is 0 Å².